The summed E-state index contributed by atoms with van der Waals surface area (Å²) >= 11 is 0. The Morgan fingerprint density at radius 3 is 1.40 bits per heavy atom. The maximum atomic E-state index is 2.40. The Bertz CT molecular complexity index is 2190. The summed E-state index contributed by atoms with van der Waals surface area (Å²) in [5.74, 6) is 0. The lowest BCUT2D eigenvalue weighted by atomic mass is 9.87. The van der Waals surface area contributed by atoms with Crippen LogP contribution >= 0.6 is 0 Å². The Kier molecular flexibility index (Phi) is 5.24. The number of benzene rings is 8. The molecule has 0 unspecified atom stereocenters. The van der Waals surface area contributed by atoms with Crippen LogP contribution in [-0.4, -0.2) is 0 Å². The zero-order valence-corrected chi connectivity index (χ0v) is 22.0. The van der Waals surface area contributed by atoms with Crippen LogP contribution in [0.5, 0.6) is 0 Å². The highest BCUT2D eigenvalue weighted by Gasteiger charge is 2.15. The molecule has 8 rings (SSSR count). The van der Waals surface area contributed by atoms with Gasteiger partial charge in [-0.05, 0) is 94.7 Å². The van der Waals surface area contributed by atoms with Crippen molar-refractivity contribution in [3.63, 3.8) is 0 Å². The van der Waals surface area contributed by atoms with Gasteiger partial charge in [-0.25, -0.2) is 0 Å². The molecule has 0 aliphatic heterocycles. The number of rotatable bonds is 3. The molecule has 0 radical (unpaired) electrons. The lowest BCUT2D eigenvalue weighted by Crippen LogP contribution is -1.89. The fourth-order valence-corrected chi connectivity index (χ4v) is 6.29. The van der Waals surface area contributed by atoms with E-state index in [4.69, 9.17) is 0 Å². The van der Waals surface area contributed by atoms with E-state index in [-0.39, 0.29) is 0 Å². The minimum atomic E-state index is 1.23. The van der Waals surface area contributed by atoms with Crippen LogP contribution in [0.2, 0.25) is 0 Å². The highest BCUT2D eigenvalue weighted by molar-refractivity contribution is 6.25. The van der Waals surface area contributed by atoms with Gasteiger partial charge in [-0.2, -0.15) is 0 Å². The van der Waals surface area contributed by atoms with Crippen molar-refractivity contribution in [1.82, 2.24) is 0 Å². The maximum Gasteiger partial charge on any atom is -0.00259 e. The van der Waals surface area contributed by atoms with Gasteiger partial charge < -0.3 is 0 Å². The molecule has 0 spiro atoms. The van der Waals surface area contributed by atoms with Gasteiger partial charge in [0.25, 0.3) is 0 Å². The second-order valence-electron chi connectivity index (χ2n) is 10.5. The van der Waals surface area contributed by atoms with Gasteiger partial charge in [0.2, 0.25) is 0 Å². The Hall–Kier alpha value is -5.20. The Labute approximate surface area is 233 Å². The molecule has 0 fully saturated rings. The minimum Gasteiger partial charge on any atom is -0.0622 e. The first-order chi connectivity index (χ1) is 19.8. The third kappa shape index (κ3) is 3.69. The van der Waals surface area contributed by atoms with Crippen molar-refractivity contribution in [3.05, 3.63) is 158 Å². The lowest BCUT2D eigenvalue weighted by molar-refractivity contribution is 1.61. The van der Waals surface area contributed by atoms with E-state index in [2.05, 4.69) is 158 Å². The van der Waals surface area contributed by atoms with Gasteiger partial charge in [0.1, 0.15) is 0 Å². The largest absolute Gasteiger partial charge is 0.0622 e. The predicted molar refractivity (Wildman–Crippen MR) is 173 cm³/mol. The molecule has 8 aromatic rings. The van der Waals surface area contributed by atoms with Crippen LogP contribution in [0.1, 0.15) is 0 Å². The average molecular weight is 507 g/mol. The van der Waals surface area contributed by atoms with Crippen molar-refractivity contribution < 1.29 is 0 Å². The number of hydrogen-bond donors (Lipinski definition) is 0. The molecule has 0 nitrogen and oxygen atoms in total. The third-order valence-corrected chi connectivity index (χ3v) is 8.22. The van der Waals surface area contributed by atoms with Crippen LogP contribution < -0.4 is 0 Å². The SMILES string of the molecule is c1ccc(-c2ccc(-c3cc4cc(-c5ccc6ccccc6c5)c5ccccc5c4c4ccccc34)cc2)cc1. The van der Waals surface area contributed by atoms with E-state index in [9.17, 15) is 0 Å². The van der Waals surface area contributed by atoms with Crippen molar-refractivity contribution in [2.24, 2.45) is 0 Å². The number of fused-ring (bicyclic) bond motifs is 6. The van der Waals surface area contributed by atoms with Crippen LogP contribution in [0.25, 0.3) is 76.5 Å². The predicted octanol–water partition coefficient (Wildman–Crippen LogP) is 11.3. The van der Waals surface area contributed by atoms with Crippen molar-refractivity contribution >= 4 is 43.1 Å². The van der Waals surface area contributed by atoms with E-state index >= 15 is 0 Å². The van der Waals surface area contributed by atoms with Crippen LogP contribution in [-0.2, 0) is 0 Å². The summed E-state index contributed by atoms with van der Waals surface area (Å²) < 4.78 is 0. The van der Waals surface area contributed by atoms with Crippen LogP contribution in [0.15, 0.2) is 158 Å². The van der Waals surface area contributed by atoms with Crippen molar-refractivity contribution in [3.8, 4) is 33.4 Å². The molecule has 0 atom stereocenters. The van der Waals surface area contributed by atoms with E-state index in [1.54, 1.807) is 0 Å². The van der Waals surface area contributed by atoms with Crippen molar-refractivity contribution in [1.29, 1.82) is 0 Å². The van der Waals surface area contributed by atoms with E-state index < -0.39 is 0 Å². The summed E-state index contributed by atoms with van der Waals surface area (Å²) in [7, 11) is 0. The zero-order valence-electron chi connectivity index (χ0n) is 22.0. The topological polar surface area (TPSA) is 0 Å². The zero-order chi connectivity index (χ0) is 26.5. The fraction of sp³-hybridized carbons (Fsp3) is 0. The van der Waals surface area contributed by atoms with Gasteiger partial charge in [-0.15, -0.1) is 0 Å². The normalized spacial score (nSPS) is 11.5. The molecule has 186 valence electrons. The van der Waals surface area contributed by atoms with E-state index in [1.165, 1.54) is 76.5 Å². The lowest BCUT2D eigenvalue weighted by Gasteiger charge is -2.16. The van der Waals surface area contributed by atoms with Gasteiger partial charge >= 0.3 is 0 Å². The summed E-state index contributed by atoms with van der Waals surface area (Å²) in [5.41, 5.74) is 7.50. The summed E-state index contributed by atoms with van der Waals surface area (Å²) in [4.78, 5) is 0. The molecule has 0 aromatic heterocycles. The van der Waals surface area contributed by atoms with Gasteiger partial charge in [-0.1, -0.05) is 140 Å². The highest BCUT2D eigenvalue weighted by Crippen LogP contribution is 2.42. The molecule has 0 saturated carbocycles. The van der Waals surface area contributed by atoms with Crippen molar-refractivity contribution in [2.75, 3.05) is 0 Å². The highest BCUT2D eigenvalue weighted by atomic mass is 14.2. The molecular formula is C40H26. The summed E-state index contributed by atoms with van der Waals surface area (Å²) in [5, 5.41) is 10.3. The smallest absolute Gasteiger partial charge is 0.00259 e. The average Bonchev–Trinajstić information content (AvgIpc) is 3.04. The second-order valence-corrected chi connectivity index (χ2v) is 10.5. The first kappa shape index (κ1) is 22.8. The van der Waals surface area contributed by atoms with Gasteiger partial charge in [0, 0.05) is 0 Å². The maximum absolute atomic E-state index is 2.40. The molecule has 0 aliphatic rings. The molecule has 0 heterocycles. The van der Waals surface area contributed by atoms with Gasteiger partial charge in [0.15, 0.2) is 0 Å². The van der Waals surface area contributed by atoms with Crippen LogP contribution in [0.4, 0.5) is 0 Å². The summed E-state index contributed by atoms with van der Waals surface area (Å²) in [6.45, 7) is 0. The molecule has 0 amide bonds. The quantitative estimate of drug-likeness (QED) is 0.209. The standard InChI is InChI=1S/C40H26/c1-2-10-27(11-3-1)29-18-21-30(22-19-29)38-25-33-26-39(32-23-20-28-12-4-5-13-31(28)24-32)35-15-7-9-17-37(35)40(33)36-16-8-6-14-34(36)38/h1-26H. The molecule has 0 heteroatoms. The first-order valence-electron chi connectivity index (χ1n) is 13.9. The third-order valence-electron chi connectivity index (χ3n) is 8.22. The summed E-state index contributed by atoms with van der Waals surface area (Å²) in [6, 6.07) is 57.6. The summed E-state index contributed by atoms with van der Waals surface area (Å²) in [6.07, 6.45) is 0. The monoisotopic (exact) mass is 506 g/mol. The molecule has 0 saturated heterocycles. The molecule has 0 bridgehead atoms. The molecule has 0 aliphatic carbocycles. The van der Waals surface area contributed by atoms with Crippen LogP contribution in [0, 0.1) is 0 Å². The first-order valence-corrected chi connectivity index (χ1v) is 13.9. The molecular weight excluding hydrogens is 480 g/mol. The van der Waals surface area contributed by atoms with Gasteiger partial charge in [-0.3, -0.25) is 0 Å². The van der Waals surface area contributed by atoms with Gasteiger partial charge in [0.05, 0.1) is 0 Å². The molecule has 0 N–H and O–H groups in total. The Morgan fingerprint density at radius 1 is 0.250 bits per heavy atom. The molecule has 8 aromatic carbocycles. The van der Waals surface area contributed by atoms with E-state index in [0.29, 0.717) is 0 Å². The van der Waals surface area contributed by atoms with E-state index in [1.807, 2.05) is 0 Å². The fourth-order valence-electron chi connectivity index (χ4n) is 6.29. The second kappa shape index (κ2) is 9.22. The Balaban J connectivity index is 1.40. The van der Waals surface area contributed by atoms with E-state index in [0.717, 1.165) is 0 Å². The minimum absolute atomic E-state index is 1.23. The number of hydrogen-bond acceptors (Lipinski definition) is 0. The Morgan fingerprint density at radius 2 is 0.725 bits per heavy atom. The molecule has 40 heavy (non-hydrogen) atoms. The van der Waals surface area contributed by atoms with Crippen LogP contribution in [0.3, 0.4) is 0 Å². The van der Waals surface area contributed by atoms with Crippen molar-refractivity contribution in [2.45, 2.75) is 0 Å².